The Morgan fingerprint density at radius 3 is 2.32 bits per heavy atom. The minimum atomic E-state index is 0.428. The molecule has 0 aliphatic carbocycles. The van der Waals surface area contributed by atoms with Crippen LogP contribution in [0.4, 0.5) is 0 Å². The second-order valence-corrected chi connectivity index (χ2v) is 5.07. The van der Waals surface area contributed by atoms with Crippen molar-refractivity contribution in [3.8, 4) is 11.6 Å². The summed E-state index contributed by atoms with van der Waals surface area (Å²) in [6.45, 7) is 5.88. The zero-order valence-corrected chi connectivity index (χ0v) is 12.5. The van der Waals surface area contributed by atoms with Crippen LogP contribution in [0.25, 0.3) is 0 Å². The smallest absolute Gasteiger partial charge is 0.227 e. The molecule has 0 atom stereocenters. The Labute approximate surface area is 122 Å². The molecule has 1 aromatic carbocycles. The first-order valence-corrected chi connectivity index (χ1v) is 6.72. The van der Waals surface area contributed by atoms with Crippen molar-refractivity contribution in [2.45, 2.75) is 27.2 Å². The van der Waals surface area contributed by atoms with Gasteiger partial charge in [0.05, 0.1) is 5.56 Å². The van der Waals surface area contributed by atoms with Crippen molar-refractivity contribution < 1.29 is 4.74 Å². The molecular weight excluding hydrogens is 283 g/mol. The molecule has 1 aromatic heterocycles. The fraction of sp³-hybridized carbons (Fsp3) is 0.286. The van der Waals surface area contributed by atoms with E-state index in [-0.39, 0.29) is 0 Å². The summed E-state index contributed by atoms with van der Waals surface area (Å²) in [6, 6.07) is 3.72. The van der Waals surface area contributed by atoms with Gasteiger partial charge in [-0.3, -0.25) is 0 Å². The standard InChI is InChI=1S/C14H14Cl2N2O/c1-4-11-13(16)17-7-18-14(11)19-12-8(2)5-10(15)6-9(12)3/h5-7H,4H2,1-3H3. The average Bonchev–Trinajstić information content (AvgIpc) is 2.34. The topological polar surface area (TPSA) is 35.0 Å². The third kappa shape index (κ3) is 2.99. The van der Waals surface area contributed by atoms with Gasteiger partial charge in [-0.2, -0.15) is 0 Å². The molecule has 0 fully saturated rings. The SMILES string of the molecule is CCc1c(Cl)ncnc1Oc1c(C)cc(Cl)cc1C. The van der Waals surface area contributed by atoms with Crippen LogP contribution in [0, 0.1) is 13.8 Å². The van der Waals surface area contributed by atoms with Crippen molar-refractivity contribution in [3.05, 3.63) is 45.3 Å². The van der Waals surface area contributed by atoms with E-state index in [9.17, 15) is 0 Å². The number of aromatic nitrogens is 2. The van der Waals surface area contributed by atoms with Gasteiger partial charge in [0, 0.05) is 5.02 Å². The molecule has 0 saturated carbocycles. The molecule has 0 radical (unpaired) electrons. The number of hydrogen-bond acceptors (Lipinski definition) is 3. The summed E-state index contributed by atoms with van der Waals surface area (Å²) < 4.78 is 5.90. The third-order valence-electron chi connectivity index (χ3n) is 2.83. The van der Waals surface area contributed by atoms with Gasteiger partial charge in [0.2, 0.25) is 5.88 Å². The summed E-state index contributed by atoms with van der Waals surface area (Å²) in [6.07, 6.45) is 2.11. The predicted octanol–water partition coefficient (Wildman–Crippen LogP) is 4.75. The second-order valence-electron chi connectivity index (χ2n) is 4.27. The van der Waals surface area contributed by atoms with Crippen LogP contribution in [0.1, 0.15) is 23.6 Å². The Morgan fingerprint density at radius 1 is 1.11 bits per heavy atom. The molecule has 100 valence electrons. The Balaban J connectivity index is 2.45. The highest BCUT2D eigenvalue weighted by Crippen LogP contribution is 2.33. The summed E-state index contributed by atoms with van der Waals surface area (Å²) in [7, 11) is 0. The first-order valence-electron chi connectivity index (χ1n) is 5.97. The molecule has 2 aromatic rings. The van der Waals surface area contributed by atoms with Crippen LogP contribution < -0.4 is 4.74 Å². The van der Waals surface area contributed by atoms with E-state index in [1.165, 1.54) is 6.33 Å². The lowest BCUT2D eigenvalue weighted by Gasteiger charge is -2.14. The molecule has 0 amide bonds. The van der Waals surface area contributed by atoms with E-state index in [0.29, 0.717) is 22.5 Å². The van der Waals surface area contributed by atoms with Crippen molar-refractivity contribution in [1.29, 1.82) is 0 Å². The second kappa shape index (κ2) is 5.76. The molecule has 1 heterocycles. The molecule has 5 heteroatoms. The number of benzene rings is 1. The van der Waals surface area contributed by atoms with Crippen LogP contribution in [-0.4, -0.2) is 9.97 Å². The number of hydrogen-bond donors (Lipinski definition) is 0. The van der Waals surface area contributed by atoms with Crippen molar-refractivity contribution >= 4 is 23.2 Å². The Kier molecular flexibility index (Phi) is 4.27. The number of halogens is 2. The molecule has 0 spiro atoms. The van der Waals surface area contributed by atoms with Crippen LogP contribution in [0.3, 0.4) is 0 Å². The molecule has 0 saturated heterocycles. The minimum Gasteiger partial charge on any atom is -0.438 e. The van der Waals surface area contributed by atoms with Gasteiger partial charge in [0.25, 0.3) is 0 Å². The van der Waals surface area contributed by atoms with Gasteiger partial charge in [0.15, 0.2) is 0 Å². The fourth-order valence-electron chi connectivity index (χ4n) is 1.92. The number of ether oxygens (including phenoxy) is 1. The Hall–Kier alpha value is -1.32. The highest BCUT2D eigenvalue weighted by molar-refractivity contribution is 6.30. The van der Waals surface area contributed by atoms with Gasteiger partial charge >= 0.3 is 0 Å². The Morgan fingerprint density at radius 2 is 1.74 bits per heavy atom. The van der Waals surface area contributed by atoms with Gasteiger partial charge < -0.3 is 4.74 Å². The van der Waals surface area contributed by atoms with Crippen molar-refractivity contribution in [1.82, 2.24) is 9.97 Å². The van der Waals surface area contributed by atoms with E-state index in [2.05, 4.69) is 9.97 Å². The lowest BCUT2D eigenvalue weighted by Crippen LogP contribution is -1.99. The first kappa shape index (κ1) is 14.1. The molecular formula is C14H14Cl2N2O. The number of aryl methyl sites for hydroxylation is 2. The maximum Gasteiger partial charge on any atom is 0.227 e. The lowest BCUT2D eigenvalue weighted by molar-refractivity contribution is 0.448. The highest BCUT2D eigenvalue weighted by Gasteiger charge is 2.13. The quantitative estimate of drug-likeness (QED) is 0.766. The predicted molar refractivity (Wildman–Crippen MR) is 77.4 cm³/mol. The molecule has 3 nitrogen and oxygen atoms in total. The zero-order valence-electron chi connectivity index (χ0n) is 11.0. The van der Waals surface area contributed by atoms with Gasteiger partial charge in [0.1, 0.15) is 17.2 Å². The van der Waals surface area contributed by atoms with Crippen molar-refractivity contribution in [2.75, 3.05) is 0 Å². The summed E-state index contributed by atoms with van der Waals surface area (Å²) in [4.78, 5) is 8.12. The highest BCUT2D eigenvalue weighted by atomic mass is 35.5. The minimum absolute atomic E-state index is 0.428. The van der Waals surface area contributed by atoms with E-state index >= 15 is 0 Å². The molecule has 0 unspecified atom stereocenters. The maximum absolute atomic E-state index is 6.05. The number of rotatable bonds is 3. The first-order chi connectivity index (χ1) is 9.02. The van der Waals surface area contributed by atoms with Gasteiger partial charge in [-0.05, 0) is 43.5 Å². The monoisotopic (exact) mass is 296 g/mol. The summed E-state index contributed by atoms with van der Waals surface area (Å²) in [5, 5.41) is 1.12. The zero-order chi connectivity index (χ0) is 14.0. The van der Waals surface area contributed by atoms with E-state index in [1.54, 1.807) is 0 Å². The summed E-state index contributed by atoms with van der Waals surface area (Å²) in [5.41, 5.74) is 2.72. The van der Waals surface area contributed by atoms with Crippen molar-refractivity contribution in [3.63, 3.8) is 0 Å². The van der Waals surface area contributed by atoms with Crippen LogP contribution in [0.15, 0.2) is 18.5 Å². The van der Waals surface area contributed by atoms with E-state index in [4.69, 9.17) is 27.9 Å². The maximum atomic E-state index is 6.05. The van der Waals surface area contributed by atoms with Crippen LogP contribution in [0.5, 0.6) is 11.6 Å². The Bertz CT molecular complexity index is 591. The molecule has 0 aliphatic heterocycles. The lowest BCUT2D eigenvalue weighted by atomic mass is 10.1. The molecule has 2 rings (SSSR count). The van der Waals surface area contributed by atoms with Gasteiger partial charge in [-0.25, -0.2) is 9.97 Å². The third-order valence-corrected chi connectivity index (χ3v) is 3.37. The van der Waals surface area contributed by atoms with E-state index < -0.39 is 0 Å². The average molecular weight is 297 g/mol. The molecule has 0 aliphatic rings. The fourth-order valence-corrected chi connectivity index (χ4v) is 2.50. The van der Waals surface area contributed by atoms with Gasteiger partial charge in [-0.1, -0.05) is 30.1 Å². The normalized spacial score (nSPS) is 10.6. The molecule has 19 heavy (non-hydrogen) atoms. The van der Waals surface area contributed by atoms with Crippen molar-refractivity contribution in [2.24, 2.45) is 0 Å². The summed E-state index contributed by atoms with van der Waals surface area (Å²) >= 11 is 12.1. The largest absolute Gasteiger partial charge is 0.438 e. The van der Waals surface area contributed by atoms with Crippen LogP contribution >= 0.6 is 23.2 Å². The molecule has 0 bridgehead atoms. The molecule has 0 N–H and O–H groups in total. The van der Waals surface area contributed by atoms with Crippen LogP contribution in [-0.2, 0) is 6.42 Å². The summed E-state index contributed by atoms with van der Waals surface area (Å²) in [5.74, 6) is 1.25. The number of nitrogens with zero attached hydrogens (tertiary/aromatic N) is 2. The van der Waals surface area contributed by atoms with E-state index in [1.807, 2.05) is 32.9 Å². The van der Waals surface area contributed by atoms with Crippen LogP contribution in [0.2, 0.25) is 10.2 Å². The van der Waals surface area contributed by atoms with Gasteiger partial charge in [-0.15, -0.1) is 0 Å². The van der Waals surface area contributed by atoms with E-state index in [0.717, 1.165) is 22.4 Å².